The van der Waals surface area contributed by atoms with E-state index >= 15 is 0 Å². The molecule has 0 spiro atoms. The van der Waals surface area contributed by atoms with E-state index in [1.165, 1.54) is 0 Å². The van der Waals surface area contributed by atoms with Gasteiger partial charge in [0.1, 0.15) is 6.33 Å². The van der Waals surface area contributed by atoms with E-state index in [4.69, 9.17) is 5.26 Å². The number of hydrogen-bond donors (Lipinski definition) is 1. The van der Waals surface area contributed by atoms with Crippen LogP contribution in [0.1, 0.15) is 19.2 Å². The van der Waals surface area contributed by atoms with E-state index in [9.17, 15) is 0 Å². The summed E-state index contributed by atoms with van der Waals surface area (Å²) in [7, 11) is 1.85. The van der Waals surface area contributed by atoms with Gasteiger partial charge in [0.2, 0.25) is 0 Å². The SMILES string of the molecule is CC(CC#N)NCCc1ncn(C)n1. The number of nitrogens with one attached hydrogen (secondary N) is 1. The van der Waals surface area contributed by atoms with Crippen LogP contribution < -0.4 is 5.32 Å². The van der Waals surface area contributed by atoms with Gasteiger partial charge < -0.3 is 5.32 Å². The van der Waals surface area contributed by atoms with Gasteiger partial charge in [-0.3, -0.25) is 4.68 Å². The molecule has 0 saturated carbocycles. The van der Waals surface area contributed by atoms with Crippen molar-refractivity contribution in [3.63, 3.8) is 0 Å². The molecule has 1 rings (SSSR count). The van der Waals surface area contributed by atoms with Gasteiger partial charge in [-0.05, 0) is 6.92 Å². The van der Waals surface area contributed by atoms with E-state index in [1.807, 2.05) is 14.0 Å². The van der Waals surface area contributed by atoms with Crippen molar-refractivity contribution in [3.05, 3.63) is 12.2 Å². The predicted octanol–water partition coefficient (Wildman–Crippen LogP) is 0.249. The topological polar surface area (TPSA) is 66.5 Å². The maximum atomic E-state index is 8.44. The van der Waals surface area contributed by atoms with Crippen LogP contribution >= 0.6 is 0 Å². The van der Waals surface area contributed by atoms with E-state index in [2.05, 4.69) is 21.5 Å². The first-order chi connectivity index (χ1) is 6.72. The lowest BCUT2D eigenvalue weighted by atomic mass is 10.2. The van der Waals surface area contributed by atoms with E-state index < -0.39 is 0 Å². The summed E-state index contributed by atoms with van der Waals surface area (Å²) in [5.41, 5.74) is 0. The highest BCUT2D eigenvalue weighted by molar-refractivity contribution is 4.83. The fraction of sp³-hybridized carbons (Fsp3) is 0.667. The first-order valence-electron chi connectivity index (χ1n) is 4.67. The van der Waals surface area contributed by atoms with Gasteiger partial charge in [-0.1, -0.05) is 0 Å². The van der Waals surface area contributed by atoms with Crippen molar-refractivity contribution < 1.29 is 0 Å². The number of aryl methyl sites for hydroxylation is 1. The highest BCUT2D eigenvalue weighted by atomic mass is 15.3. The lowest BCUT2D eigenvalue weighted by molar-refractivity contribution is 0.553. The van der Waals surface area contributed by atoms with Crippen LogP contribution in [-0.4, -0.2) is 27.4 Å². The van der Waals surface area contributed by atoms with Gasteiger partial charge in [-0.25, -0.2) is 4.98 Å². The van der Waals surface area contributed by atoms with Crippen molar-refractivity contribution in [2.24, 2.45) is 7.05 Å². The highest BCUT2D eigenvalue weighted by Crippen LogP contribution is 1.91. The molecule has 1 heterocycles. The van der Waals surface area contributed by atoms with Crippen molar-refractivity contribution in [2.45, 2.75) is 25.8 Å². The smallest absolute Gasteiger partial charge is 0.151 e. The Balaban J connectivity index is 2.19. The van der Waals surface area contributed by atoms with Crippen LogP contribution in [-0.2, 0) is 13.5 Å². The molecule has 0 saturated heterocycles. The zero-order valence-corrected chi connectivity index (χ0v) is 8.56. The van der Waals surface area contributed by atoms with Crippen molar-refractivity contribution in [2.75, 3.05) is 6.54 Å². The molecule has 5 heteroatoms. The normalized spacial score (nSPS) is 12.4. The Morgan fingerprint density at radius 1 is 1.71 bits per heavy atom. The summed E-state index contributed by atoms with van der Waals surface area (Å²) < 4.78 is 1.69. The number of nitriles is 1. The van der Waals surface area contributed by atoms with Gasteiger partial charge in [0.05, 0.1) is 12.5 Å². The second-order valence-corrected chi connectivity index (χ2v) is 3.30. The minimum atomic E-state index is 0.240. The highest BCUT2D eigenvalue weighted by Gasteiger charge is 2.01. The molecule has 1 atom stereocenters. The van der Waals surface area contributed by atoms with Crippen LogP contribution in [0.25, 0.3) is 0 Å². The molecule has 0 fully saturated rings. The number of nitrogens with zero attached hydrogens (tertiary/aromatic N) is 4. The van der Waals surface area contributed by atoms with Gasteiger partial charge in [-0.15, -0.1) is 0 Å². The summed E-state index contributed by atoms with van der Waals surface area (Å²) >= 11 is 0. The van der Waals surface area contributed by atoms with E-state index in [1.54, 1.807) is 11.0 Å². The van der Waals surface area contributed by atoms with Gasteiger partial charge in [0, 0.05) is 26.1 Å². The molecule has 1 aromatic rings. The van der Waals surface area contributed by atoms with Crippen molar-refractivity contribution in [3.8, 4) is 6.07 Å². The third-order valence-electron chi connectivity index (χ3n) is 1.89. The molecular formula is C9H15N5. The average molecular weight is 193 g/mol. The number of hydrogen-bond acceptors (Lipinski definition) is 4. The molecule has 0 aliphatic carbocycles. The Hall–Kier alpha value is -1.41. The predicted molar refractivity (Wildman–Crippen MR) is 52.4 cm³/mol. The number of aromatic nitrogens is 3. The quantitative estimate of drug-likeness (QED) is 0.728. The summed E-state index contributed by atoms with van der Waals surface area (Å²) in [5.74, 6) is 0.837. The second kappa shape index (κ2) is 5.35. The monoisotopic (exact) mass is 193 g/mol. The molecule has 5 nitrogen and oxygen atoms in total. The molecule has 1 aromatic heterocycles. The molecule has 0 aliphatic heterocycles. The Bertz CT molecular complexity index is 311. The molecule has 0 radical (unpaired) electrons. The molecule has 1 N–H and O–H groups in total. The first-order valence-corrected chi connectivity index (χ1v) is 4.67. The van der Waals surface area contributed by atoms with E-state index in [-0.39, 0.29) is 6.04 Å². The molecule has 0 bridgehead atoms. The summed E-state index contributed by atoms with van der Waals surface area (Å²) in [6.07, 6.45) is 3.03. The van der Waals surface area contributed by atoms with Crippen molar-refractivity contribution in [1.29, 1.82) is 5.26 Å². The van der Waals surface area contributed by atoms with Crippen LogP contribution in [0.15, 0.2) is 6.33 Å². The van der Waals surface area contributed by atoms with Crippen molar-refractivity contribution in [1.82, 2.24) is 20.1 Å². The van der Waals surface area contributed by atoms with E-state index in [0.717, 1.165) is 18.8 Å². The Labute approximate surface area is 83.8 Å². The van der Waals surface area contributed by atoms with Gasteiger partial charge in [-0.2, -0.15) is 10.4 Å². The van der Waals surface area contributed by atoms with Crippen LogP contribution in [0.3, 0.4) is 0 Å². The summed E-state index contributed by atoms with van der Waals surface area (Å²) in [6, 6.07) is 2.36. The molecule has 76 valence electrons. The number of rotatable bonds is 5. The largest absolute Gasteiger partial charge is 0.313 e. The van der Waals surface area contributed by atoms with Gasteiger partial charge in [0.25, 0.3) is 0 Å². The zero-order valence-electron chi connectivity index (χ0n) is 8.56. The third kappa shape index (κ3) is 3.54. The third-order valence-corrected chi connectivity index (χ3v) is 1.89. The van der Waals surface area contributed by atoms with Crippen LogP contribution in [0, 0.1) is 11.3 Å². The molecule has 14 heavy (non-hydrogen) atoms. The second-order valence-electron chi connectivity index (χ2n) is 3.30. The zero-order chi connectivity index (χ0) is 10.4. The lowest BCUT2D eigenvalue weighted by Gasteiger charge is -2.07. The molecule has 0 amide bonds. The van der Waals surface area contributed by atoms with Crippen LogP contribution in [0.5, 0.6) is 0 Å². The standard InChI is InChI=1S/C9H15N5/c1-8(3-5-10)11-6-4-9-12-7-14(2)13-9/h7-8,11H,3-4,6H2,1-2H3. The fourth-order valence-corrected chi connectivity index (χ4v) is 1.14. The van der Waals surface area contributed by atoms with Crippen LogP contribution in [0.2, 0.25) is 0 Å². The molecular weight excluding hydrogens is 178 g/mol. The Morgan fingerprint density at radius 2 is 2.50 bits per heavy atom. The fourth-order valence-electron chi connectivity index (χ4n) is 1.14. The molecule has 0 aromatic carbocycles. The molecule has 0 aliphatic rings. The average Bonchev–Trinajstić information content (AvgIpc) is 2.52. The Morgan fingerprint density at radius 3 is 3.07 bits per heavy atom. The van der Waals surface area contributed by atoms with Crippen LogP contribution in [0.4, 0.5) is 0 Å². The van der Waals surface area contributed by atoms with Gasteiger partial charge in [0.15, 0.2) is 5.82 Å². The first kappa shape index (κ1) is 10.7. The maximum absolute atomic E-state index is 8.44. The van der Waals surface area contributed by atoms with Crippen molar-refractivity contribution >= 4 is 0 Å². The summed E-state index contributed by atoms with van der Waals surface area (Å²) in [6.45, 7) is 2.81. The molecule has 1 unspecified atom stereocenters. The Kier molecular flexibility index (Phi) is 4.08. The minimum Gasteiger partial charge on any atom is -0.313 e. The van der Waals surface area contributed by atoms with Gasteiger partial charge >= 0.3 is 0 Å². The summed E-state index contributed by atoms with van der Waals surface area (Å²) in [4.78, 5) is 4.11. The minimum absolute atomic E-state index is 0.240. The summed E-state index contributed by atoms with van der Waals surface area (Å²) in [5, 5.41) is 15.8. The lowest BCUT2D eigenvalue weighted by Crippen LogP contribution is -2.27. The van der Waals surface area contributed by atoms with E-state index in [0.29, 0.717) is 6.42 Å². The maximum Gasteiger partial charge on any atom is 0.151 e.